The molecule has 1 aromatic heterocycles. The third-order valence-electron chi connectivity index (χ3n) is 0.967. The average Bonchev–Trinajstić information content (AvgIpc) is 1.89. The first-order chi connectivity index (χ1) is 4.34. The predicted molar refractivity (Wildman–Crippen MR) is 33.3 cm³/mol. The van der Waals surface area contributed by atoms with Crippen molar-refractivity contribution in [1.82, 2.24) is 4.98 Å². The lowest BCUT2D eigenvalue weighted by Gasteiger charge is -2.00. The van der Waals surface area contributed by atoms with E-state index in [1.54, 1.807) is 12.3 Å². The van der Waals surface area contributed by atoms with Gasteiger partial charge in [-0.05, 0) is 6.08 Å². The average molecular weight is 122 g/mol. The van der Waals surface area contributed by atoms with Gasteiger partial charge in [-0.25, -0.2) is 4.73 Å². The minimum Gasteiger partial charge on any atom is -0.710 e. The second-order valence-corrected chi connectivity index (χ2v) is 1.54. The van der Waals surface area contributed by atoms with E-state index in [4.69, 9.17) is 0 Å². The molecule has 0 atom stereocenters. The maximum atomic E-state index is 10.6. The molecule has 0 bridgehead atoms. The third-order valence-corrected chi connectivity index (χ3v) is 0.967. The molecule has 1 rings (SSSR count). The maximum absolute atomic E-state index is 10.6. The Morgan fingerprint density at radius 3 is 3.00 bits per heavy atom. The summed E-state index contributed by atoms with van der Waals surface area (Å²) in [6.45, 7) is 3.44. The van der Waals surface area contributed by atoms with Crippen LogP contribution < -0.4 is 4.73 Å². The minimum absolute atomic E-state index is 0.519. The van der Waals surface area contributed by atoms with Gasteiger partial charge in [0.05, 0.1) is 0 Å². The van der Waals surface area contributed by atoms with Gasteiger partial charge < -0.3 is 5.21 Å². The molecule has 46 valence electrons. The molecule has 0 spiro atoms. The fourth-order valence-electron chi connectivity index (χ4n) is 0.517. The first-order valence-electron chi connectivity index (χ1n) is 2.50. The Labute approximate surface area is 52.9 Å². The molecule has 0 saturated heterocycles. The summed E-state index contributed by atoms with van der Waals surface area (Å²) in [4.78, 5) is 3.60. The Bertz CT molecular complexity index is 222. The highest BCUT2D eigenvalue weighted by Crippen LogP contribution is 1.87. The SMILES string of the molecule is C=Cc1ccnc[n+]1[O-]. The van der Waals surface area contributed by atoms with Crippen LogP contribution in [0, 0.1) is 5.21 Å². The first-order valence-corrected chi connectivity index (χ1v) is 2.50. The molecule has 0 N–H and O–H groups in total. The van der Waals surface area contributed by atoms with Crippen LogP contribution in [0.15, 0.2) is 25.2 Å². The highest BCUT2D eigenvalue weighted by atomic mass is 16.5. The summed E-state index contributed by atoms with van der Waals surface area (Å²) in [6, 6.07) is 1.60. The standard InChI is InChI=1S/C6H6N2O/c1-2-6-3-4-7-5-8(6)9/h2-5H,1H2. The lowest BCUT2D eigenvalue weighted by Crippen LogP contribution is -2.29. The van der Waals surface area contributed by atoms with E-state index in [1.807, 2.05) is 0 Å². The summed E-state index contributed by atoms with van der Waals surface area (Å²) in [5, 5.41) is 10.6. The van der Waals surface area contributed by atoms with Crippen molar-refractivity contribution in [3.63, 3.8) is 0 Å². The summed E-state index contributed by atoms with van der Waals surface area (Å²) >= 11 is 0. The van der Waals surface area contributed by atoms with E-state index >= 15 is 0 Å². The van der Waals surface area contributed by atoms with Crippen molar-refractivity contribution in [2.24, 2.45) is 0 Å². The van der Waals surface area contributed by atoms with E-state index in [0.29, 0.717) is 10.4 Å². The van der Waals surface area contributed by atoms with Crippen LogP contribution in [0.2, 0.25) is 0 Å². The molecule has 0 saturated carbocycles. The molecule has 9 heavy (non-hydrogen) atoms. The van der Waals surface area contributed by atoms with Gasteiger partial charge in [-0.1, -0.05) is 11.6 Å². The Morgan fingerprint density at radius 2 is 2.56 bits per heavy atom. The molecule has 0 radical (unpaired) electrons. The van der Waals surface area contributed by atoms with Crippen LogP contribution in [0.25, 0.3) is 6.08 Å². The Balaban J connectivity index is 3.15. The third kappa shape index (κ3) is 1.05. The summed E-state index contributed by atoms with van der Waals surface area (Å²) in [5.74, 6) is 0. The number of rotatable bonds is 1. The minimum atomic E-state index is 0.519. The number of nitrogens with zero attached hydrogens (tertiary/aromatic N) is 2. The molecule has 1 aromatic rings. The molecule has 0 aliphatic rings. The van der Waals surface area contributed by atoms with Crippen molar-refractivity contribution in [3.8, 4) is 0 Å². The van der Waals surface area contributed by atoms with Gasteiger partial charge in [-0.2, -0.15) is 0 Å². The van der Waals surface area contributed by atoms with Crippen LogP contribution in [-0.4, -0.2) is 4.98 Å². The lowest BCUT2D eigenvalue weighted by molar-refractivity contribution is -0.610. The topological polar surface area (TPSA) is 39.8 Å². The van der Waals surface area contributed by atoms with Crippen molar-refractivity contribution in [1.29, 1.82) is 0 Å². The van der Waals surface area contributed by atoms with Crippen molar-refractivity contribution in [2.45, 2.75) is 0 Å². The van der Waals surface area contributed by atoms with Gasteiger partial charge in [0, 0.05) is 6.07 Å². The van der Waals surface area contributed by atoms with Gasteiger partial charge >= 0.3 is 0 Å². The maximum Gasteiger partial charge on any atom is 0.289 e. The molecule has 3 nitrogen and oxygen atoms in total. The zero-order chi connectivity index (χ0) is 6.69. The quantitative estimate of drug-likeness (QED) is 0.398. The fraction of sp³-hybridized carbons (Fsp3) is 0. The molecule has 0 aliphatic carbocycles. The number of hydrogen-bond donors (Lipinski definition) is 0. The lowest BCUT2D eigenvalue weighted by atomic mass is 10.4. The largest absolute Gasteiger partial charge is 0.710 e. The highest BCUT2D eigenvalue weighted by molar-refractivity contribution is 5.36. The zero-order valence-electron chi connectivity index (χ0n) is 4.82. The second-order valence-electron chi connectivity index (χ2n) is 1.54. The summed E-state index contributed by atoms with van der Waals surface area (Å²) < 4.78 is 0.660. The molecule has 0 fully saturated rings. The smallest absolute Gasteiger partial charge is 0.289 e. The van der Waals surface area contributed by atoms with Crippen LogP contribution in [-0.2, 0) is 0 Å². The van der Waals surface area contributed by atoms with Gasteiger partial charge in [-0.3, -0.25) is 0 Å². The summed E-state index contributed by atoms with van der Waals surface area (Å²) in [7, 11) is 0. The number of hydrogen-bond acceptors (Lipinski definition) is 2. The summed E-state index contributed by atoms with van der Waals surface area (Å²) in [6.07, 6.45) is 4.22. The van der Waals surface area contributed by atoms with E-state index in [-0.39, 0.29) is 0 Å². The van der Waals surface area contributed by atoms with Crippen LogP contribution in [0.4, 0.5) is 0 Å². The van der Waals surface area contributed by atoms with Gasteiger partial charge in [0.2, 0.25) is 0 Å². The Kier molecular flexibility index (Phi) is 1.44. The van der Waals surface area contributed by atoms with Crippen molar-refractivity contribution in [3.05, 3.63) is 36.1 Å². The molecular weight excluding hydrogens is 116 g/mol. The fourth-order valence-corrected chi connectivity index (χ4v) is 0.517. The number of aromatic nitrogens is 2. The van der Waals surface area contributed by atoms with Gasteiger partial charge in [-0.15, -0.1) is 0 Å². The second kappa shape index (κ2) is 2.26. The van der Waals surface area contributed by atoms with E-state index in [1.165, 1.54) is 12.4 Å². The Hall–Kier alpha value is -1.38. The van der Waals surface area contributed by atoms with E-state index in [9.17, 15) is 5.21 Å². The van der Waals surface area contributed by atoms with Gasteiger partial charge in [0.25, 0.3) is 6.33 Å². The van der Waals surface area contributed by atoms with Crippen molar-refractivity contribution < 1.29 is 4.73 Å². The predicted octanol–water partition coefficient (Wildman–Crippen LogP) is 0.358. The van der Waals surface area contributed by atoms with E-state index < -0.39 is 0 Å². The summed E-state index contributed by atoms with van der Waals surface area (Å²) in [5.41, 5.74) is 0.519. The molecular formula is C6H6N2O. The normalized spacial score (nSPS) is 8.89. The molecule has 1 heterocycles. The molecule has 0 aromatic carbocycles. The van der Waals surface area contributed by atoms with Crippen LogP contribution in [0.3, 0.4) is 0 Å². The van der Waals surface area contributed by atoms with Gasteiger partial charge in [0.1, 0.15) is 11.9 Å². The highest BCUT2D eigenvalue weighted by Gasteiger charge is 1.91. The molecule has 0 amide bonds. The molecule has 0 aliphatic heterocycles. The van der Waals surface area contributed by atoms with Crippen molar-refractivity contribution >= 4 is 6.08 Å². The Morgan fingerprint density at radius 1 is 1.78 bits per heavy atom. The first kappa shape index (κ1) is 5.75. The zero-order valence-corrected chi connectivity index (χ0v) is 4.82. The van der Waals surface area contributed by atoms with Crippen LogP contribution in [0.5, 0.6) is 0 Å². The monoisotopic (exact) mass is 122 g/mol. The van der Waals surface area contributed by atoms with Crippen LogP contribution >= 0.6 is 0 Å². The van der Waals surface area contributed by atoms with Crippen LogP contribution in [0.1, 0.15) is 5.69 Å². The molecule has 3 heteroatoms. The van der Waals surface area contributed by atoms with Crippen molar-refractivity contribution in [2.75, 3.05) is 0 Å². The van der Waals surface area contributed by atoms with E-state index in [2.05, 4.69) is 11.6 Å². The van der Waals surface area contributed by atoms with Gasteiger partial charge in [0.15, 0.2) is 0 Å². The van der Waals surface area contributed by atoms with E-state index in [0.717, 1.165) is 0 Å². The molecule has 0 unspecified atom stereocenters.